The van der Waals surface area contributed by atoms with Crippen LogP contribution in [-0.2, 0) is 14.8 Å². The molecule has 0 fully saturated rings. The van der Waals surface area contributed by atoms with Crippen LogP contribution in [0.15, 0.2) is 23.1 Å². The number of hydrogen-bond donors (Lipinski definition) is 1. The molecule has 9 heteroatoms. The van der Waals surface area contributed by atoms with Crippen molar-refractivity contribution in [3.05, 3.63) is 34.1 Å². The van der Waals surface area contributed by atoms with Gasteiger partial charge in [0, 0.05) is 19.1 Å². The maximum atomic E-state index is 13.1. The zero-order chi connectivity index (χ0) is 13.2. The Morgan fingerprint density at radius 3 is 2.47 bits per heavy atom. The lowest BCUT2D eigenvalue weighted by Crippen LogP contribution is -2.28. The molecule has 0 saturated heterocycles. The first kappa shape index (κ1) is 13.0. The van der Waals surface area contributed by atoms with Gasteiger partial charge in [-0.25, -0.2) is 13.1 Å². The SMILES string of the molecule is CC(=O)NS(=O)(=O)c1ccc([N+](=O)[O-])c(F)c1. The largest absolute Gasteiger partial charge is 0.304 e. The molecule has 0 saturated carbocycles. The van der Waals surface area contributed by atoms with Gasteiger partial charge in [-0.2, -0.15) is 4.39 Å². The van der Waals surface area contributed by atoms with Crippen LogP contribution in [0.3, 0.4) is 0 Å². The van der Waals surface area contributed by atoms with Gasteiger partial charge >= 0.3 is 5.69 Å². The van der Waals surface area contributed by atoms with E-state index in [1.54, 1.807) is 4.72 Å². The minimum atomic E-state index is -4.19. The molecule has 0 unspecified atom stereocenters. The van der Waals surface area contributed by atoms with Gasteiger partial charge in [0.2, 0.25) is 11.7 Å². The Kier molecular flexibility index (Phi) is 3.42. The highest BCUT2D eigenvalue weighted by molar-refractivity contribution is 7.90. The van der Waals surface area contributed by atoms with Gasteiger partial charge in [-0.15, -0.1) is 0 Å². The van der Waals surface area contributed by atoms with Gasteiger partial charge in [0.1, 0.15) is 0 Å². The molecule has 1 N–H and O–H groups in total. The highest BCUT2D eigenvalue weighted by Gasteiger charge is 2.21. The van der Waals surface area contributed by atoms with Gasteiger partial charge in [-0.05, 0) is 6.07 Å². The fourth-order valence-corrected chi connectivity index (χ4v) is 2.05. The Balaban J connectivity index is 3.23. The smallest absolute Gasteiger partial charge is 0.274 e. The van der Waals surface area contributed by atoms with Crippen molar-refractivity contribution in [3.63, 3.8) is 0 Å². The Hall–Kier alpha value is -2.03. The van der Waals surface area contributed by atoms with Crippen LogP contribution in [0, 0.1) is 15.9 Å². The van der Waals surface area contributed by atoms with Crippen molar-refractivity contribution in [2.24, 2.45) is 0 Å². The molecule has 0 radical (unpaired) electrons. The molecule has 1 aromatic carbocycles. The number of hydrogen-bond acceptors (Lipinski definition) is 5. The predicted octanol–water partition coefficient (Wildman–Crippen LogP) is 0.559. The third kappa shape index (κ3) is 2.97. The maximum absolute atomic E-state index is 13.1. The number of amides is 1. The second-order valence-corrected chi connectivity index (χ2v) is 4.71. The molecule has 1 aromatic rings. The van der Waals surface area contributed by atoms with Gasteiger partial charge in [0.25, 0.3) is 10.0 Å². The van der Waals surface area contributed by atoms with E-state index in [4.69, 9.17) is 0 Å². The highest BCUT2D eigenvalue weighted by Crippen LogP contribution is 2.20. The summed E-state index contributed by atoms with van der Waals surface area (Å²) in [6.45, 7) is 0.972. The van der Waals surface area contributed by atoms with Gasteiger partial charge in [-0.3, -0.25) is 14.9 Å². The van der Waals surface area contributed by atoms with Gasteiger partial charge in [0.15, 0.2) is 0 Å². The van der Waals surface area contributed by atoms with E-state index in [-0.39, 0.29) is 0 Å². The van der Waals surface area contributed by atoms with Crippen molar-refractivity contribution in [2.45, 2.75) is 11.8 Å². The van der Waals surface area contributed by atoms with Crippen LogP contribution in [0.4, 0.5) is 10.1 Å². The Morgan fingerprint density at radius 2 is 2.06 bits per heavy atom. The fourth-order valence-electron chi connectivity index (χ4n) is 1.05. The van der Waals surface area contributed by atoms with Crippen molar-refractivity contribution in [2.75, 3.05) is 0 Å². The normalized spacial score (nSPS) is 10.9. The molecule has 7 nitrogen and oxygen atoms in total. The van der Waals surface area contributed by atoms with Gasteiger partial charge in [0.05, 0.1) is 9.82 Å². The molecule has 17 heavy (non-hydrogen) atoms. The van der Waals surface area contributed by atoms with E-state index >= 15 is 0 Å². The first-order valence-corrected chi connectivity index (χ1v) is 5.69. The van der Waals surface area contributed by atoms with E-state index in [2.05, 4.69) is 0 Å². The minimum absolute atomic E-state index is 0.476. The number of carbonyl (C=O) groups excluding carboxylic acids is 1. The Labute approximate surface area is 95.5 Å². The first-order valence-electron chi connectivity index (χ1n) is 4.21. The summed E-state index contributed by atoms with van der Waals surface area (Å²) in [6, 6.07) is 2.03. The van der Waals surface area contributed by atoms with Crippen LogP contribution >= 0.6 is 0 Å². The van der Waals surface area contributed by atoms with Crippen LogP contribution in [0.25, 0.3) is 0 Å². The maximum Gasteiger partial charge on any atom is 0.304 e. The molecular formula is C8H7FN2O5S. The van der Waals surface area contributed by atoms with E-state index in [1.807, 2.05) is 0 Å². The van der Waals surface area contributed by atoms with Crippen molar-refractivity contribution in [1.82, 2.24) is 4.72 Å². The average molecular weight is 262 g/mol. The van der Waals surface area contributed by atoms with Crippen LogP contribution in [0.1, 0.15) is 6.92 Å². The lowest BCUT2D eigenvalue weighted by molar-refractivity contribution is -0.387. The molecule has 0 bridgehead atoms. The monoisotopic (exact) mass is 262 g/mol. The van der Waals surface area contributed by atoms with Gasteiger partial charge in [-0.1, -0.05) is 0 Å². The molecule has 0 aliphatic heterocycles. The standard InChI is InChI=1S/C8H7FN2O5S/c1-5(12)10-17(15,16)6-2-3-8(11(13)14)7(9)4-6/h2-4H,1H3,(H,10,12). The van der Waals surface area contributed by atoms with Gasteiger partial charge < -0.3 is 0 Å². The summed E-state index contributed by atoms with van der Waals surface area (Å²) in [7, 11) is -4.19. The summed E-state index contributed by atoms with van der Waals surface area (Å²) in [6.07, 6.45) is 0. The Morgan fingerprint density at radius 1 is 1.47 bits per heavy atom. The molecule has 0 aliphatic rings. The number of halogens is 1. The van der Waals surface area contributed by atoms with E-state index in [1.165, 1.54) is 0 Å². The number of rotatable bonds is 3. The second-order valence-electron chi connectivity index (χ2n) is 3.03. The number of nitro groups is 1. The molecule has 0 spiro atoms. The zero-order valence-corrected chi connectivity index (χ0v) is 9.32. The summed E-state index contributed by atoms with van der Waals surface area (Å²) < 4.78 is 37.6. The minimum Gasteiger partial charge on any atom is -0.274 e. The number of carbonyl (C=O) groups is 1. The van der Waals surface area contributed by atoms with E-state index in [0.29, 0.717) is 12.1 Å². The molecule has 1 rings (SSSR count). The molecule has 1 amide bonds. The van der Waals surface area contributed by atoms with E-state index in [0.717, 1.165) is 13.0 Å². The zero-order valence-electron chi connectivity index (χ0n) is 8.51. The van der Waals surface area contributed by atoms with Crippen molar-refractivity contribution in [3.8, 4) is 0 Å². The van der Waals surface area contributed by atoms with Crippen LogP contribution < -0.4 is 4.72 Å². The van der Waals surface area contributed by atoms with Crippen molar-refractivity contribution >= 4 is 21.6 Å². The summed E-state index contributed by atoms with van der Waals surface area (Å²) in [4.78, 5) is 19.4. The quantitative estimate of drug-likeness (QED) is 0.632. The fraction of sp³-hybridized carbons (Fsp3) is 0.125. The summed E-state index contributed by atoms with van der Waals surface area (Å²) in [5, 5.41) is 10.3. The summed E-state index contributed by atoms with van der Waals surface area (Å²) in [5.74, 6) is -2.13. The lowest BCUT2D eigenvalue weighted by atomic mass is 10.3. The average Bonchev–Trinajstić information content (AvgIpc) is 2.14. The number of benzene rings is 1. The third-order valence-corrected chi connectivity index (χ3v) is 3.13. The third-order valence-electron chi connectivity index (χ3n) is 1.70. The molecule has 0 aromatic heterocycles. The van der Waals surface area contributed by atoms with E-state index in [9.17, 15) is 27.7 Å². The lowest BCUT2D eigenvalue weighted by Gasteiger charge is -2.04. The molecule has 0 heterocycles. The summed E-state index contributed by atoms with van der Waals surface area (Å²) >= 11 is 0. The van der Waals surface area contributed by atoms with Crippen molar-refractivity contribution in [1.29, 1.82) is 0 Å². The van der Waals surface area contributed by atoms with Crippen LogP contribution in [-0.4, -0.2) is 19.2 Å². The number of nitrogens with zero attached hydrogens (tertiary/aromatic N) is 1. The molecular weight excluding hydrogens is 255 g/mol. The number of nitro benzene ring substituents is 1. The second kappa shape index (κ2) is 4.45. The topological polar surface area (TPSA) is 106 Å². The van der Waals surface area contributed by atoms with Crippen LogP contribution in [0.5, 0.6) is 0 Å². The Bertz CT molecular complexity index is 584. The van der Waals surface area contributed by atoms with Crippen LogP contribution in [0.2, 0.25) is 0 Å². The molecule has 92 valence electrons. The predicted molar refractivity (Wildman–Crippen MR) is 54.1 cm³/mol. The van der Waals surface area contributed by atoms with E-state index < -0.39 is 37.3 Å². The summed E-state index contributed by atoms with van der Waals surface area (Å²) in [5.41, 5.74) is -0.841. The first-order chi connectivity index (χ1) is 7.74. The number of nitrogens with one attached hydrogen (secondary N) is 1. The highest BCUT2D eigenvalue weighted by atomic mass is 32.2. The number of sulfonamides is 1. The van der Waals surface area contributed by atoms with Crippen molar-refractivity contribution < 1.29 is 22.5 Å². The molecule has 0 aliphatic carbocycles. The molecule has 0 atom stereocenters.